The number of fused-ring (bicyclic) bond motifs is 1. The third-order valence-corrected chi connectivity index (χ3v) is 3.41. The van der Waals surface area contributed by atoms with Crippen LogP contribution >= 0.6 is 11.8 Å². The Morgan fingerprint density at radius 1 is 1.53 bits per heavy atom. The highest BCUT2D eigenvalue weighted by Gasteiger charge is 2.23. The molecule has 1 aliphatic heterocycles. The number of allylic oxidation sites excluding steroid dienone is 1. The van der Waals surface area contributed by atoms with E-state index in [0.29, 0.717) is 0 Å². The largest absolute Gasteiger partial charge is 0.438 e. The van der Waals surface area contributed by atoms with Crippen LogP contribution in [0.2, 0.25) is 0 Å². The van der Waals surface area contributed by atoms with E-state index in [1.54, 1.807) is 24.2 Å². The Bertz CT molecular complexity index is 501. The summed E-state index contributed by atoms with van der Waals surface area (Å²) >= 11 is 1.60. The minimum absolute atomic E-state index is 0.220. The third-order valence-electron chi connectivity index (χ3n) is 2.29. The van der Waals surface area contributed by atoms with Gasteiger partial charge in [-0.25, -0.2) is 4.98 Å². The normalized spacial score (nSPS) is 20.8. The van der Waals surface area contributed by atoms with E-state index in [1.807, 2.05) is 12.1 Å². The minimum atomic E-state index is 0.220. The van der Waals surface area contributed by atoms with E-state index in [9.17, 15) is 0 Å². The summed E-state index contributed by atoms with van der Waals surface area (Å²) in [7, 11) is 0. The van der Waals surface area contributed by atoms with Crippen molar-refractivity contribution in [1.29, 1.82) is 0 Å². The Hall–Kier alpha value is -1.49. The molecular formula is C10H9N3OS. The summed E-state index contributed by atoms with van der Waals surface area (Å²) in [5.74, 6) is 0.736. The fraction of sp³-hybridized carbons (Fsp3) is 0.200. The number of hydrogen-bond acceptors (Lipinski definition) is 5. The molecular weight excluding hydrogens is 210 g/mol. The van der Waals surface area contributed by atoms with Gasteiger partial charge in [0.05, 0.1) is 16.5 Å². The minimum Gasteiger partial charge on any atom is -0.438 e. The first-order valence-electron chi connectivity index (χ1n) is 4.65. The molecule has 0 aromatic carbocycles. The smallest absolute Gasteiger partial charge is 0.209 e. The lowest BCUT2D eigenvalue weighted by atomic mass is 10.3. The molecule has 5 heteroatoms. The van der Waals surface area contributed by atoms with Crippen LogP contribution in [0.15, 0.2) is 34.0 Å². The Labute approximate surface area is 90.6 Å². The molecule has 1 aliphatic rings. The van der Waals surface area contributed by atoms with E-state index in [4.69, 9.17) is 10.2 Å². The first kappa shape index (κ1) is 8.79. The van der Waals surface area contributed by atoms with Crippen LogP contribution in [0.1, 0.15) is 17.6 Å². The number of nitrogens with zero attached hydrogens (tertiary/aromatic N) is 2. The molecule has 0 radical (unpaired) electrons. The number of hydrogen-bond donors (Lipinski definition) is 1. The van der Waals surface area contributed by atoms with Crippen molar-refractivity contribution in [3.8, 4) is 0 Å². The van der Waals surface area contributed by atoms with E-state index in [1.165, 1.54) is 0 Å². The van der Waals surface area contributed by atoms with Crippen molar-refractivity contribution in [2.24, 2.45) is 5.73 Å². The average Bonchev–Trinajstić information content (AvgIpc) is 2.82. The van der Waals surface area contributed by atoms with Crippen LogP contribution in [0, 0.1) is 0 Å². The monoisotopic (exact) mass is 219 g/mol. The van der Waals surface area contributed by atoms with Crippen LogP contribution in [0.3, 0.4) is 0 Å². The summed E-state index contributed by atoms with van der Waals surface area (Å²) in [5.41, 5.74) is 7.29. The maximum atomic E-state index is 5.70. The summed E-state index contributed by atoms with van der Waals surface area (Å²) in [4.78, 5) is 8.40. The summed E-state index contributed by atoms with van der Waals surface area (Å²) < 4.78 is 5.62. The zero-order chi connectivity index (χ0) is 10.3. The molecule has 0 fully saturated rings. The predicted molar refractivity (Wildman–Crippen MR) is 59.0 cm³/mol. The zero-order valence-electron chi connectivity index (χ0n) is 7.88. The quantitative estimate of drug-likeness (QED) is 0.796. The van der Waals surface area contributed by atoms with Gasteiger partial charge in [-0.05, 0) is 12.5 Å². The Kier molecular flexibility index (Phi) is 1.92. The highest BCUT2D eigenvalue weighted by Crippen LogP contribution is 2.41. The summed E-state index contributed by atoms with van der Waals surface area (Å²) in [5, 5.41) is 1.07. The summed E-state index contributed by atoms with van der Waals surface area (Å²) in [6.07, 6.45) is 6.28. The molecule has 76 valence electrons. The second-order valence-corrected chi connectivity index (χ2v) is 4.62. The molecule has 0 bridgehead atoms. The van der Waals surface area contributed by atoms with Crippen LogP contribution in [0.5, 0.6) is 0 Å². The highest BCUT2D eigenvalue weighted by atomic mass is 32.2. The van der Waals surface area contributed by atoms with Gasteiger partial charge in [-0.3, -0.25) is 4.98 Å². The predicted octanol–water partition coefficient (Wildman–Crippen LogP) is 2.20. The molecule has 3 rings (SSSR count). The number of aromatic nitrogens is 2. The van der Waals surface area contributed by atoms with Crippen molar-refractivity contribution in [2.75, 3.05) is 0 Å². The maximum Gasteiger partial charge on any atom is 0.209 e. The maximum absolute atomic E-state index is 5.70. The van der Waals surface area contributed by atoms with Crippen molar-refractivity contribution in [2.45, 2.75) is 11.7 Å². The van der Waals surface area contributed by atoms with E-state index in [0.717, 1.165) is 28.4 Å². The van der Waals surface area contributed by atoms with E-state index < -0.39 is 0 Å². The molecule has 0 aliphatic carbocycles. The molecule has 2 N–H and O–H groups in total. The standard InChI is InChI=1S/C10H9N3OS/c11-9-2-1-8(15-9)10-13-6-3-4-12-5-7(6)14-10/h2-5,8H,1,11H2. The molecule has 1 unspecified atom stereocenters. The van der Waals surface area contributed by atoms with Gasteiger partial charge in [0.25, 0.3) is 0 Å². The lowest BCUT2D eigenvalue weighted by molar-refractivity contribution is 0.526. The molecule has 3 heterocycles. The van der Waals surface area contributed by atoms with E-state index in [2.05, 4.69) is 9.97 Å². The van der Waals surface area contributed by atoms with Crippen molar-refractivity contribution >= 4 is 22.9 Å². The molecule has 2 aromatic heterocycles. The first-order valence-corrected chi connectivity index (χ1v) is 5.53. The molecule has 1 atom stereocenters. The zero-order valence-corrected chi connectivity index (χ0v) is 8.70. The molecule has 0 saturated carbocycles. The first-order chi connectivity index (χ1) is 7.33. The molecule has 15 heavy (non-hydrogen) atoms. The van der Waals surface area contributed by atoms with Crippen molar-refractivity contribution in [3.05, 3.63) is 35.5 Å². The topological polar surface area (TPSA) is 64.9 Å². The van der Waals surface area contributed by atoms with Crippen molar-refractivity contribution < 1.29 is 4.42 Å². The number of rotatable bonds is 1. The number of oxazole rings is 1. The van der Waals surface area contributed by atoms with Gasteiger partial charge in [0.2, 0.25) is 5.89 Å². The van der Waals surface area contributed by atoms with Gasteiger partial charge in [0, 0.05) is 6.20 Å². The summed E-state index contributed by atoms with van der Waals surface area (Å²) in [6.45, 7) is 0. The van der Waals surface area contributed by atoms with Crippen LogP contribution in [-0.4, -0.2) is 9.97 Å². The van der Waals surface area contributed by atoms with Crippen molar-refractivity contribution in [1.82, 2.24) is 9.97 Å². The van der Waals surface area contributed by atoms with Gasteiger partial charge in [0.1, 0.15) is 5.52 Å². The van der Waals surface area contributed by atoms with Crippen LogP contribution < -0.4 is 5.73 Å². The summed E-state index contributed by atoms with van der Waals surface area (Å²) in [6, 6.07) is 1.85. The second-order valence-electron chi connectivity index (χ2n) is 3.34. The number of nitrogens with two attached hydrogens (primary N) is 1. The number of thioether (sulfide) groups is 1. The lowest BCUT2D eigenvalue weighted by Crippen LogP contribution is -1.90. The van der Waals surface area contributed by atoms with Gasteiger partial charge >= 0.3 is 0 Å². The second kappa shape index (κ2) is 3.27. The fourth-order valence-corrected chi connectivity index (χ4v) is 2.49. The number of pyridine rings is 1. The van der Waals surface area contributed by atoms with Gasteiger partial charge in [-0.15, -0.1) is 0 Å². The Balaban J connectivity index is 1.99. The molecule has 0 spiro atoms. The van der Waals surface area contributed by atoms with Crippen LogP contribution in [0.4, 0.5) is 0 Å². The van der Waals surface area contributed by atoms with E-state index >= 15 is 0 Å². The van der Waals surface area contributed by atoms with Gasteiger partial charge in [-0.1, -0.05) is 17.8 Å². The molecule has 2 aromatic rings. The van der Waals surface area contributed by atoms with Gasteiger partial charge in [0.15, 0.2) is 5.58 Å². The average molecular weight is 219 g/mol. The van der Waals surface area contributed by atoms with Crippen LogP contribution in [-0.2, 0) is 0 Å². The van der Waals surface area contributed by atoms with Gasteiger partial charge < -0.3 is 10.2 Å². The highest BCUT2D eigenvalue weighted by molar-refractivity contribution is 8.03. The molecule has 4 nitrogen and oxygen atoms in total. The molecule has 0 saturated heterocycles. The SMILES string of the molecule is NC1=CCC(c2nc3ccncc3o2)S1. The van der Waals surface area contributed by atoms with Crippen LogP contribution in [0.25, 0.3) is 11.1 Å². The molecule has 0 amide bonds. The Morgan fingerprint density at radius 2 is 2.47 bits per heavy atom. The fourth-order valence-electron chi connectivity index (χ4n) is 1.57. The third kappa shape index (κ3) is 1.48. The van der Waals surface area contributed by atoms with E-state index in [-0.39, 0.29) is 5.25 Å². The Morgan fingerprint density at radius 3 is 3.20 bits per heavy atom. The van der Waals surface area contributed by atoms with Crippen molar-refractivity contribution in [3.63, 3.8) is 0 Å². The lowest BCUT2D eigenvalue weighted by Gasteiger charge is -2.01. The van der Waals surface area contributed by atoms with Gasteiger partial charge in [-0.2, -0.15) is 0 Å².